The molecule has 1 aromatic heterocycles. The Balaban J connectivity index is 0.000000605. The van der Waals surface area contributed by atoms with E-state index in [1.807, 2.05) is 18.2 Å². The summed E-state index contributed by atoms with van der Waals surface area (Å²) in [4.78, 5) is 4.22. The van der Waals surface area contributed by atoms with Gasteiger partial charge in [-0.05, 0) is 17.1 Å². The molecule has 11 heavy (non-hydrogen) atoms. The van der Waals surface area contributed by atoms with E-state index in [1.54, 1.807) is 11.3 Å². The van der Waals surface area contributed by atoms with E-state index in [0.29, 0.717) is 0 Å². The zero-order valence-electron chi connectivity index (χ0n) is 6.37. The summed E-state index contributed by atoms with van der Waals surface area (Å²) in [5.74, 6) is 0. The summed E-state index contributed by atoms with van der Waals surface area (Å²) in [6.07, 6.45) is 0. The molecule has 0 unspecified atom stereocenters. The van der Waals surface area contributed by atoms with E-state index < -0.39 is 0 Å². The van der Waals surface area contributed by atoms with Gasteiger partial charge in [-0.3, -0.25) is 4.98 Å². The first kappa shape index (κ1) is 8.67. The van der Waals surface area contributed by atoms with Gasteiger partial charge in [0.25, 0.3) is 0 Å². The van der Waals surface area contributed by atoms with Crippen LogP contribution in [0.15, 0.2) is 24.3 Å². The Morgan fingerprint density at radius 2 is 2.00 bits per heavy atom. The molecule has 1 aromatic carbocycles. The van der Waals surface area contributed by atoms with Crippen LogP contribution in [0.4, 0.5) is 0 Å². The first-order chi connectivity index (χ1) is 4.86. The van der Waals surface area contributed by atoms with Gasteiger partial charge >= 0.3 is 18.9 Å². The topological polar surface area (TPSA) is 12.9 Å². The molecule has 0 aliphatic heterocycles. The van der Waals surface area contributed by atoms with Gasteiger partial charge in [0, 0.05) is 0 Å². The van der Waals surface area contributed by atoms with Crippen LogP contribution < -0.4 is 18.9 Å². The third-order valence-corrected chi connectivity index (χ3v) is 2.23. The Morgan fingerprint density at radius 1 is 1.27 bits per heavy atom. The van der Waals surface area contributed by atoms with Crippen LogP contribution in [0.3, 0.4) is 0 Å². The summed E-state index contributed by atoms with van der Waals surface area (Å²) in [7, 11) is 0. The maximum atomic E-state index is 4.22. The largest absolute Gasteiger partial charge is 1.00 e. The first-order valence-corrected chi connectivity index (χ1v) is 3.85. The molecule has 50 valence electrons. The predicted octanol–water partition coefficient (Wildman–Crippen LogP) is -0.518. The Kier molecular flexibility index (Phi) is 2.61. The molecule has 2 aromatic rings. The zero-order chi connectivity index (χ0) is 6.97. The van der Waals surface area contributed by atoms with E-state index in [1.165, 1.54) is 4.70 Å². The van der Waals surface area contributed by atoms with Crippen molar-refractivity contribution in [3.05, 3.63) is 36.2 Å². The summed E-state index contributed by atoms with van der Waals surface area (Å²) in [5, 5.41) is 0.890. The van der Waals surface area contributed by atoms with Gasteiger partial charge in [-0.25, -0.2) is 0 Å². The molecule has 0 saturated carbocycles. The van der Waals surface area contributed by atoms with Crippen molar-refractivity contribution in [2.45, 2.75) is 0 Å². The minimum Gasteiger partial charge on any atom is -0.346 e. The van der Waals surface area contributed by atoms with E-state index in [-0.39, 0.29) is 18.9 Å². The third kappa shape index (κ3) is 1.59. The quantitative estimate of drug-likeness (QED) is 0.368. The molecule has 0 spiro atoms. The van der Waals surface area contributed by atoms with Crippen molar-refractivity contribution in [3.63, 3.8) is 0 Å². The average Bonchev–Trinajstić information content (AvgIpc) is 2.27. The fourth-order valence-corrected chi connectivity index (χ4v) is 1.68. The normalized spacial score (nSPS) is 9.45. The fourth-order valence-electron chi connectivity index (χ4n) is 0.920. The van der Waals surface area contributed by atoms with Crippen LogP contribution in [0.1, 0.15) is 5.01 Å². The number of hydrogen-bond acceptors (Lipinski definition) is 2. The number of hydrogen-bond donors (Lipinski definition) is 0. The van der Waals surface area contributed by atoms with Gasteiger partial charge in [0.2, 0.25) is 0 Å². The van der Waals surface area contributed by atoms with Gasteiger partial charge in [-0.2, -0.15) is 11.3 Å². The van der Waals surface area contributed by atoms with Crippen molar-refractivity contribution in [1.29, 1.82) is 0 Å². The molecule has 1 heterocycles. The summed E-state index contributed by atoms with van der Waals surface area (Å²) in [6.45, 7) is 3.77. The van der Waals surface area contributed by atoms with Crippen molar-refractivity contribution in [3.8, 4) is 0 Å². The second-order valence-corrected chi connectivity index (χ2v) is 3.19. The monoisotopic (exact) mass is 155 g/mol. The average molecular weight is 155 g/mol. The Labute approximate surface area is 81.6 Å². The second-order valence-electron chi connectivity index (χ2n) is 2.08. The number of nitrogens with zero attached hydrogens (tertiary/aromatic N) is 1. The van der Waals surface area contributed by atoms with Gasteiger partial charge in [0.1, 0.15) is 0 Å². The maximum Gasteiger partial charge on any atom is 1.00 e. The number of fused-ring (bicyclic) bond motifs is 1. The maximum absolute atomic E-state index is 4.22. The van der Waals surface area contributed by atoms with E-state index in [9.17, 15) is 0 Å². The second kappa shape index (κ2) is 3.32. The molecule has 3 heteroatoms. The van der Waals surface area contributed by atoms with Crippen molar-refractivity contribution < 1.29 is 18.9 Å². The molecule has 0 saturated heterocycles. The molecular formula is C8H6LiNS. The van der Waals surface area contributed by atoms with Crippen LogP contribution in [0.5, 0.6) is 0 Å². The number of benzene rings is 1. The van der Waals surface area contributed by atoms with Crippen LogP contribution >= 0.6 is 11.3 Å². The number of thiazole rings is 1. The van der Waals surface area contributed by atoms with Gasteiger partial charge in [0.15, 0.2) is 0 Å². The molecule has 0 radical (unpaired) electrons. The van der Waals surface area contributed by atoms with E-state index >= 15 is 0 Å². The van der Waals surface area contributed by atoms with Crippen LogP contribution in [-0.4, -0.2) is 4.98 Å². The molecule has 0 N–H and O–H groups in total. The van der Waals surface area contributed by atoms with E-state index in [2.05, 4.69) is 18.0 Å². The molecule has 0 bridgehead atoms. The number of rotatable bonds is 0. The van der Waals surface area contributed by atoms with Crippen LogP contribution in [0.25, 0.3) is 10.2 Å². The molecule has 0 aliphatic carbocycles. The van der Waals surface area contributed by atoms with Crippen LogP contribution in [-0.2, 0) is 0 Å². The third-order valence-electron chi connectivity index (χ3n) is 1.34. The molecule has 0 atom stereocenters. The van der Waals surface area contributed by atoms with E-state index in [4.69, 9.17) is 0 Å². The van der Waals surface area contributed by atoms with Crippen molar-refractivity contribution >= 4 is 21.6 Å². The van der Waals surface area contributed by atoms with Gasteiger partial charge in [-0.1, -0.05) is 12.1 Å². The molecular weight excluding hydrogens is 149 g/mol. The fraction of sp³-hybridized carbons (Fsp3) is 0. The number of aromatic nitrogens is 1. The SMILES string of the molecule is [CH2-]c1nc2ccccc2s1.[Li+]. The number of para-hydroxylation sites is 1. The Bertz CT molecular complexity index is 323. The summed E-state index contributed by atoms with van der Waals surface area (Å²) in [6, 6.07) is 8.06. The Hall–Kier alpha value is -0.423. The standard InChI is InChI=1S/C8H6NS.Li/c1-6-9-7-4-2-3-5-8(7)10-6;/h2-5H,1H2;/q-1;+1. The van der Waals surface area contributed by atoms with Crippen molar-refractivity contribution in [2.75, 3.05) is 0 Å². The van der Waals surface area contributed by atoms with E-state index in [0.717, 1.165) is 10.5 Å². The minimum absolute atomic E-state index is 0. The zero-order valence-corrected chi connectivity index (χ0v) is 7.19. The summed E-state index contributed by atoms with van der Waals surface area (Å²) < 4.78 is 1.22. The van der Waals surface area contributed by atoms with Gasteiger partial charge in [-0.15, -0.1) is 0 Å². The van der Waals surface area contributed by atoms with Crippen molar-refractivity contribution in [2.24, 2.45) is 0 Å². The molecule has 0 fully saturated rings. The summed E-state index contributed by atoms with van der Waals surface area (Å²) in [5.41, 5.74) is 1.05. The van der Waals surface area contributed by atoms with Crippen LogP contribution in [0.2, 0.25) is 0 Å². The van der Waals surface area contributed by atoms with Crippen molar-refractivity contribution in [1.82, 2.24) is 4.98 Å². The van der Waals surface area contributed by atoms with Crippen LogP contribution in [0, 0.1) is 6.92 Å². The Morgan fingerprint density at radius 3 is 2.73 bits per heavy atom. The molecule has 1 nitrogen and oxygen atoms in total. The van der Waals surface area contributed by atoms with Gasteiger partial charge in [0.05, 0.1) is 10.2 Å². The summed E-state index contributed by atoms with van der Waals surface area (Å²) >= 11 is 1.63. The first-order valence-electron chi connectivity index (χ1n) is 3.04. The molecule has 2 rings (SSSR count). The molecule has 0 aliphatic rings. The predicted molar refractivity (Wildman–Crippen MR) is 44.1 cm³/mol. The van der Waals surface area contributed by atoms with Gasteiger partial charge < -0.3 is 6.92 Å². The molecule has 0 amide bonds. The minimum atomic E-state index is 0. The smallest absolute Gasteiger partial charge is 0.346 e.